The van der Waals surface area contributed by atoms with Crippen LogP contribution in [0.1, 0.15) is 60.0 Å². The van der Waals surface area contributed by atoms with Crippen molar-refractivity contribution in [1.82, 2.24) is 19.6 Å². The van der Waals surface area contributed by atoms with Crippen molar-refractivity contribution in [3.63, 3.8) is 0 Å². The van der Waals surface area contributed by atoms with Crippen LogP contribution in [-0.4, -0.2) is 121 Å². The predicted molar refractivity (Wildman–Crippen MR) is 259 cm³/mol. The summed E-state index contributed by atoms with van der Waals surface area (Å²) in [6.07, 6.45) is 2.77. The van der Waals surface area contributed by atoms with E-state index in [1.807, 2.05) is 127 Å². The molecular weight excluding hydrogens is 843 g/mol. The average molecular weight is 904 g/mol. The molecule has 5 aromatic rings. The molecule has 5 aromatic carbocycles. The third kappa shape index (κ3) is 11.1. The molecule has 348 valence electrons. The van der Waals surface area contributed by atoms with E-state index in [9.17, 15) is 19.2 Å². The van der Waals surface area contributed by atoms with Crippen LogP contribution in [0.5, 0.6) is 0 Å². The van der Waals surface area contributed by atoms with Crippen LogP contribution >= 0.6 is 0 Å². The van der Waals surface area contributed by atoms with Gasteiger partial charge in [0.15, 0.2) is 0 Å². The number of para-hydroxylation sites is 1. The molecule has 13 nitrogen and oxygen atoms in total. The van der Waals surface area contributed by atoms with Crippen molar-refractivity contribution < 1.29 is 28.7 Å². The van der Waals surface area contributed by atoms with Crippen molar-refractivity contribution in [3.8, 4) is 0 Å². The Kier molecular flexibility index (Phi) is 15.0. The lowest BCUT2D eigenvalue weighted by Gasteiger charge is -2.37. The van der Waals surface area contributed by atoms with Gasteiger partial charge >= 0.3 is 0 Å². The van der Waals surface area contributed by atoms with Gasteiger partial charge in [-0.05, 0) is 84.3 Å². The molecule has 4 aliphatic heterocycles. The third-order valence-electron chi connectivity index (χ3n) is 13.5. The highest BCUT2D eigenvalue weighted by molar-refractivity contribution is 5.99. The predicted octanol–water partition coefficient (Wildman–Crippen LogP) is 6.90. The molecule has 13 heteroatoms. The number of carbonyl (C=O) groups excluding carboxylic acids is 4. The van der Waals surface area contributed by atoms with Gasteiger partial charge in [0.1, 0.15) is 24.2 Å². The molecule has 0 bridgehead atoms. The zero-order valence-electron chi connectivity index (χ0n) is 38.1. The monoisotopic (exact) mass is 903 g/mol. The van der Waals surface area contributed by atoms with E-state index in [1.165, 1.54) is 0 Å². The number of amides is 4. The van der Waals surface area contributed by atoms with Gasteiger partial charge in [0.25, 0.3) is 0 Å². The van der Waals surface area contributed by atoms with Crippen LogP contribution in [0.2, 0.25) is 0 Å². The highest BCUT2D eigenvalue weighted by Gasteiger charge is 2.42. The van der Waals surface area contributed by atoms with Gasteiger partial charge in [0, 0.05) is 69.4 Å². The Balaban J connectivity index is 0.822. The first kappa shape index (κ1) is 45.8. The fraction of sp³-hybridized carbons (Fsp3) is 0.370. The van der Waals surface area contributed by atoms with Gasteiger partial charge < -0.3 is 34.8 Å². The highest BCUT2D eigenvalue weighted by Crippen LogP contribution is 2.32. The molecule has 2 N–H and O–H groups in total. The zero-order valence-corrected chi connectivity index (χ0v) is 38.1. The summed E-state index contributed by atoms with van der Waals surface area (Å²) in [5, 5.41) is 6.23. The van der Waals surface area contributed by atoms with Crippen molar-refractivity contribution in [2.45, 2.75) is 62.9 Å². The Morgan fingerprint density at radius 1 is 0.493 bits per heavy atom. The molecular formula is C54H61N7O6. The minimum Gasteiger partial charge on any atom is -0.379 e. The molecule has 0 aromatic heterocycles. The fourth-order valence-corrected chi connectivity index (χ4v) is 10.0. The molecule has 9 rings (SSSR count). The molecule has 4 saturated heterocycles. The minimum absolute atomic E-state index is 0.0392. The van der Waals surface area contributed by atoms with E-state index in [0.29, 0.717) is 103 Å². The average Bonchev–Trinajstić information content (AvgIpc) is 4.09. The van der Waals surface area contributed by atoms with Gasteiger partial charge in [-0.2, -0.15) is 0 Å². The van der Waals surface area contributed by atoms with E-state index in [4.69, 9.17) is 9.47 Å². The molecule has 0 radical (unpaired) electrons. The first-order valence-corrected chi connectivity index (χ1v) is 23.8. The molecule has 4 atom stereocenters. The standard InChI is InChI=1S/C54H61N7O6/c62-51(47-18-10-28-60(47)53(64)49(42-12-4-1-5-13-42)57-30-34-66-35-31-57)55-44-24-20-40(21-25-44)38-59(46-16-8-3-9-17-46)39-41-22-26-45(27-23-41)56-52(63)48-19-11-29-61(48)54(65)50(43-14-6-2-7-15-43)58-32-36-67-37-33-58/h1-9,12-17,20-27,47-50H,10-11,18-19,28-39H2,(H,55,62)(H,56,63). The van der Waals surface area contributed by atoms with Crippen LogP contribution in [0.4, 0.5) is 17.1 Å². The van der Waals surface area contributed by atoms with Crippen LogP contribution in [-0.2, 0) is 41.7 Å². The lowest BCUT2D eigenvalue weighted by atomic mass is 10.0. The topological polar surface area (TPSA) is 127 Å². The summed E-state index contributed by atoms with van der Waals surface area (Å²) in [4.78, 5) is 66.4. The molecule has 4 aliphatic rings. The Labute approximate surface area is 393 Å². The molecule has 4 heterocycles. The maximum absolute atomic E-state index is 14.3. The molecule has 0 aliphatic carbocycles. The quantitative estimate of drug-likeness (QED) is 0.115. The van der Waals surface area contributed by atoms with Crippen molar-refractivity contribution in [2.24, 2.45) is 0 Å². The lowest BCUT2D eigenvalue weighted by Crippen LogP contribution is -2.50. The molecule has 4 amide bonds. The van der Waals surface area contributed by atoms with Crippen LogP contribution in [0.25, 0.3) is 0 Å². The van der Waals surface area contributed by atoms with E-state index in [2.05, 4.69) is 37.5 Å². The summed E-state index contributed by atoms with van der Waals surface area (Å²) < 4.78 is 11.2. The van der Waals surface area contributed by atoms with Crippen LogP contribution < -0.4 is 15.5 Å². The molecule has 0 saturated carbocycles. The van der Waals surface area contributed by atoms with Gasteiger partial charge in [-0.3, -0.25) is 29.0 Å². The second kappa shape index (κ2) is 21.9. The normalized spacial score (nSPS) is 19.9. The summed E-state index contributed by atoms with van der Waals surface area (Å²) in [5.41, 5.74) is 6.43. The summed E-state index contributed by atoms with van der Waals surface area (Å²) in [5.74, 6) is -0.426. The number of carbonyl (C=O) groups is 4. The van der Waals surface area contributed by atoms with Gasteiger partial charge in [0.2, 0.25) is 23.6 Å². The van der Waals surface area contributed by atoms with E-state index in [-0.39, 0.29) is 23.6 Å². The highest BCUT2D eigenvalue weighted by atomic mass is 16.5. The van der Waals surface area contributed by atoms with Gasteiger partial charge in [-0.25, -0.2) is 0 Å². The summed E-state index contributed by atoms with van der Waals surface area (Å²) in [7, 11) is 0. The zero-order chi connectivity index (χ0) is 46.0. The maximum Gasteiger partial charge on any atom is 0.247 e. The molecule has 0 spiro atoms. The number of benzene rings is 5. The largest absolute Gasteiger partial charge is 0.379 e. The number of hydrogen-bond donors (Lipinski definition) is 2. The molecule has 4 fully saturated rings. The first-order valence-electron chi connectivity index (χ1n) is 23.8. The fourth-order valence-electron chi connectivity index (χ4n) is 10.0. The summed E-state index contributed by atoms with van der Waals surface area (Å²) in [6.45, 7) is 7.27. The second-order valence-electron chi connectivity index (χ2n) is 17.9. The summed E-state index contributed by atoms with van der Waals surface area (Å²) in [6, 6.07) is 43.8. The third-order valence-corrected chi connectivity index (χ3v) is 13.5. The first-order chi connectivity index (χ1) is 32.9. The Bertz CT molecular complexity index is 2260. The number of hydrogen-bond acceptors (Lipinski definition) is 9. The number of ether oxygens (including phenoxy) is 2. The van der Waals surface area contributed by atoms with E-state index in [1.54, 1.807) is 9.80 Å². The Morgan fingerprint density at radius 2 is 0.866 bits per heavy atom. The number of likely N-dealkylation sites (tertiary alicyclic amines) is 2. The second-order valence-corrected chi connectivity index (χ2v) is 17.9. The van der Waals surface area contributed by atoms with Crippen LogP contribution in [0, 0.1) is 0 Å². The van der Waals surface area contributed by atoms with Crippen LogP contribution in [0.15, 0.2) is 140 Å². The molecule has 67 heavy (non-hydrogen) atoms. The van der Waals surface area contributed by atoms with Crippen molar-refractivity contribution >= 4 is 40.7 Å². The maximum atomic E-state index is 14.3. The number of anilines is 3. The SMILES string of the molecule is O=C(Nc1ccc(CN(Cc2ccc(NC(=O)C3CCCN3C(=O)C(c3ccccc3)N3CCOCC3)cc2)c2ccccc2)cc1)C1CCCN1C(=O)C(c1ccccc1)N1CCOCC1. The number of rotatable bonds is 15. The van der Waals surface area contributed by atoms with Crippen molar-refractivity contribution in [2.75, 3.05) is 81.2 Å². The van der Waals surface area contributed by atoms with E-state index >= 15 is 0 Å². The summed E-state index contributed by atoms with van der Waals surface area (Å²) >= 11 is 0. The number of nitrogens with one attached hydrogen (secondary N) is 2. The smallest absolute Gasteiger partial charge is 0.247 e. The Hall–Kier alpha value is -6.38. The number of morpholine rings is 2. The van der Waals surface area contributed by atoms with E-state index < -0.39 is 24.2 Å². The van der Waals surface area contributed by atoms with Gasteiger partial charge in [0.05, 0.1) is 26.4 Å². The van der Waals surface area contributed by atoms with Gasteiger partial charge in [-0.15, -0.1) is 0 Å². The van der Waals surface area contributed by atoms with Gasteiger partial charge in [-0.1, -0.05) is 103 Å². The number of nitrogens with zero attached hydrogens (tertiary/aromatic N) is 5. The van der Waals surface area contributed by atoms with Crippen molar-refractivity contribution in [1.29, 1.82) is 0 Å². The lowest BCUT2D eigenvalue weighted by molar-refractivity contribution is -0.143. The van der Waals surface area contributed by atoms with Crippen LogP contribution in [0.3, 0.4) is 0 Å². The van der Waals surface area contributed by atoms with Crippen molar-refractivity contribution in [3.05, 3.63) is 162 Å². The molecule has 4 unspecified atom stereocenters. The van der Waals surface area contributed by atoms with E-state index in [0.717, 1.165) is 40.8 Å². The Morgan fingerprint density at radius 3 is 1.25 bits per heavy atom. The minimum atomic E-state index is -0.549.